The Morgan fingerprint density at radius 1 is 0.740 bits per heavy atom. The number of nitrogens with one attached hydrogen (secondary N) is 1. The van der Waals surface area contributed by atoms with E-state index in [0.717, 1.165) is 16.5 Å². The highest BCUT2D eigenvalue weighted by Gasteiger charge is 2.23. The van der Waals surface area contributed by atoms with Crippen molar-refractivity contribution in [3.05, 3.63) is 45.3 Å². The van der Waals surface area contributed by atoms with Crippen molar-refractivity contribution in [2.24, 2.45) is 0 Å². The molecule has 3 rings (SSSR count). The molecule has 0 bridgehead atoms. The molecule has 1 aromatic heterocycles. The first-order valence-corrected chi connectivity index (χ1v) is 17.4. The monoisotopic (exact) mass is 701 g/mol. The van der Waals surface area contributed by atoms with Gasteiger partial charge in [-0.2, -0.15) is 0 Å². The molecule has 1 amide bonds. The van der Waals surface area contributed by atoms with E-state index >= 15 is 0 Å². The van der Waals surface area contributed by atoms with Crippen LogP contribution in [-0.2, 0) is 23.8 Å². The van der Waals surface area contributed by atoms with Gasteiger partial charge in [0.1, 0.15) is 11.2 Å². The molecule has 2 aromatic rings. The molecule has 0 spiro atoms. The van der Waals surface area contributed by atoms with Crippen molar-refractivity contribution in [3.63, 3.8) is 0 Å². The van der Waals surface area contributed by atoms with Gasteiger partial charge < -0.3 is 23.9 Å². The average molecular weight is 702 g/mol. The predicted octanol–water partition coefficient (Wildman–Crippen LogP) is 2.47. The molecule has 1 aromatic carbocycles. The van der Waals surface area contributed by atoms with Crippen LogP contribution >= 0.6 is 0 Å². The van der Waals surface area contributed by atoms with E-state index in [1.54, 1.807) is 40.7 Å². The quantitative estimate of drug-likeness (QED) is 0.150. The Balaban J connectivity index is 1.84. The first kappa shape index (κ1) is 40.6. The number of ether oxygens (including phenoxy) is 3. The zero-order valence-electron chi connectivity index (χ0n) is 30.8. The van der Waals surface area contributed by atoms with Crippen molar-refractivity contribution < 1.29 is 37.8 Å². The average Bonchev–Trinajstić information content (AvgIpc) is 3.01. The number of hydrogen-bond donors (Lipinski definition) is 1. The summed E-state index contributed by atoms with van der Waals surface area (Å²) in [6.07, 6.45) is -0.499. The minimum atomic E-state index is -0.618. The van der Waals surface area contributed by atoms with Gasteiger partial charge in [-0.1, -0.05) is 0 Å². The van der Waals surface area contributed by atoms with Crippen LogP contribution in [0.3, 0.4) is 0 Å². The number of aryl methyl sites for hydroxylation is 2. The summed E-state index contributed by atoms with van der Waals surface area (Å²) in [7, 11) is 0. The molecule has 278 valence electrons. The van der Waals surface area contributed by atoms with Crippen LogP contribution in [-0.4, -0.2) is 147 Å². The Hall–Kier alpha value is -3.85. The van der Waals surface area contributed by atoms with E-state index < -0.39 is 17.3 Å². The fourth-order valence-corrected chi connectivity index (χ4v) is 5.75. The first-order valence-electron chi connectivity index (χ1n) is 17.4. The van der Waals surface area contributed by atoms with E-state index in [1.807, 2.05) is 29.7 Å². The fraction of sp³-hybridized carbons (Fsp3) is 0.639. The minimum absolute atomic E-state index is 0.0769. The van der Waals surface area contributed by atoms with Gasteiger partial charge >= 0.3 is 23.7 Å². The van der Waals surface area contributed by atoms with Crippen molar-refractivity contribution in [3.8, 4) is 0 Å². The number of hydrogen-bond acceptors (Lipinski definition) is 13. The van der Waals surface area contributed by atoms with E-state index in [-0.39, 0.29) is 50.6 Å². The molecule has 50 heavy (non-hydrogen) atoms. The van der Waals surface area contributed by atoms with Gasteiger partial charge in [-0.3, -0.25) is 34.0 Å². The first-order chi connectivity index (χ1) is 23.7. The molecule has 1 saturated heterocycles. The number of carbonyl (C=O) groups is 4. The molecule has 0 unspecified atom stereocenters. The Morgan fingerprint density at radius 3 is 1.74 bits per heavy atom. The van der Waals surface area contributed by atoms with E-state index in [9.17, 15) is 24.0 Å². The lowest BCUT2D eigenvalue weighted by Crippen LogP contribution is -2.49. The van der Waals surface area contributed by atoms with E-state index in [4.69, 9.17) is 18.6 Å². The summed E-state index contributed by atoms with van der Waals surface area (Å²) >= 11 is 0. The number of carbonyl (C=O) groups excluding carboxylic acids is 4. The molecular weight excluding hydrogens is 646 g/mol. The standard InChI is InChI=1S/C36H55N5O9/c1-8-47-33(44)24-40-15-13-38(11-10-37-35(46)50-36(5,6)7)12-14-39(16-17-41(19-18-40)25-34(45)48-9-2)23-30(42)28-22-31-29(20-26(28)3)27(4)21-32(43)49-31/h20-22H,8-19,23-25H2,1-7H3,(H,37,46). The SMILES string of the molecule is CCOC(=O)CN1CCN(CCNC(=O)OC(C)(C)C)CCN(CC(=O)c2cc3oc(=O)cc(C)c3cc2C)CCN(CC(=O)OCC)CC1. The van der Waals surface area contributed by atoms with Crippen LogP contribution in [0, 0.1) is 13.8 Å². The van der Waals surface area contributed by atoms with Crippen LogP contribution in [0.2, 0.25) is 0 Å². The van der Waals surface area contributed by atoms with Crippen LogP contribution < -0.4 is 10.9 Å². The Labute approximate surface area is 295 Å². The number of fused-ring (bicyclic) bond motifs is 1. The maximum Gasteiger partial charge on any atom is 0.407 e. The highest BCUT2D eigenvalue weighted by Crippen LogP contribution is 2.22. The Morgan fingerprint density at radius 2 is 1.24 bits per heavy atom. The Kier molecular flexibility index (Phi) is 15.8. The van der Waals surface area contributed by atoms with Gasteiger partial charge in [0, 0.05) is 82.5 Å². The second-order valence-corrected chi connectivity index (χ2v) is 13.5. The van der Waals surface area contributed by atoms with Crippen molar-refractivity contribution in [1.82, 2.24) is 24.9 Å². The minimum Gasteiger partial charge on any atom is -0.465 e. The molecule has 1 aliphatic rings. The summed E-state index contributed by atoms with van der Waals surface area (Å²) in [5.74, 6) is -0.777. The number of amides is 1. The Bertz CT molecular complexity index is 1520. The number of esters is 2. The lowest BCUT2D eigenvalue weighted by molar-refractivity contribution is -0.146. The lowest BCUT2D eigenvalue weighted by Gasteiger charge is -2.33. The summed E-state index contributed by atoms with van der Waals surface area (Å²) in [6.45, 7) is 18.5. The molecule has 0 aliphatic carbocycles. The van der Waals surface area contributed by atoms with E-state index in [0.29, 0.717) is 76.6 Å². The lowest BCUT2D eigenvalue weighted by atomic mass is 10.00. The van der Waals surface area contributed by atoms with Crippen molar-refractivity contribution >= 4 is 34.8 Å². The third-order valence-corrected chi connectivity index (χ3v) is 8.31. The molecular formula is C36H55N5O9. The van der Waals surface area contributed by atoms with Crippen LogP contribution in [0.15, 0.2) is 27.4 Å². The largest absolute Gasteiger partial charge is 0.465 e. The zero-order chi connectivity index (χ0) is 36.8. The number of Topliss-reactive ketones (excluding diaryl/α,β-unsaturated/α-hetero) is 1. The third kappa shape index (κ3) is 13.8. The third-order valence-electron chi connectivity index (χ3n) is 8.31. The molecule has 0 radical (unpaired) electrons. The molecule has 2 heterocycles. The molecule has 0 saturated carbocycles. The second kappa shape index (κ2) is 19.5. The zero-order valence-corrected chi connectivity index (χ0v) is 30.8. The van der Waals surface area contributed by atoms with Gasteiger partial charge in [0.25, 0.3) is 0 Å². The summed E-state index contributed by atoms with van der Waals surface area (Å²) < 4.78 is 21.3. The summed E-state index contributed by atoms with van der Waals surface area (Å²) in [6, 6.07) is 4.96. The number of alkyl carbamates (subject to hydrolysis) is 1. The van der Waals surface area contributed by atoms with Crippen LogP contribution in [0.1, 0.15) is 56.1 Å². The molecule has 14 heteroatoms. The fourth-order valence-electron chi connectivity index (χ4n) is 5.75. The van der Waals surface area contributed by atoms with E-state index in [2.05, 4.69) is 15.1 Å². The van der Waals surface area contributed by atoms with Crippen LogP contribution in [0.25, 0.3) is 11.0 Å². The van der Waals surface area contributed by atoms with Crippen molar-refractivity contribution in [2.45, 2.75) is 54.1 Å². The number of nitrogens with zero attached hydrogens (tertiary/aromatic N) is 4. The maximum absolute atomic E-state index is 13.8. The molecule has 14 nitrogen and oxygen atoms in total. The van der Waals surface area contributed by atoms with Gasteiger partial charge in [-0.05, 0) is 71.7 Å². The maximum atomic E-state index is 13.8. The molecule has 1 fully saturated rings. The molecule has 0 atom stereocenters. The highest BCUT2D eigenvalue weighted by atomic mass is 16.6. The predicted molar refractivity (Wildman–Crippen MR) is 190 cm³/mol. The van der Waals surface area contributed by atoms with Crippen LogP contribution in [0.5, 0.6) is 0 Å². The molecule has 1 aliphatic heterocycles. The van der Waals surface area contributed by atoms with Gasteiger partial charge in [0.15, 0.2) is 5.78 Å². The van der Waals surface area contributed by atoms with Gasteiger partial charge in [-0.25, -0.2) is 9.59 Å². The number of benzene rings is 1. The highest BCUT2D eigenvalue weighted by molar-refractivity contribution is 6.02. The number of rotatable bonds is 12. The summed E-state index contributed by atoms with van der Waals surface area (Å²) in [5.41, 5.74) is 1.33. The topological polar surface area (TPSA) is 151 Å². The normalized spacial score (nSPS) is 16.3. The van der Waals surface area contributed by atoms with Gasteiger partial charge in [0.2, 0.25) is 0 Å². The molecule has 1 N–H and O–H groups in total. The van der Waals surface area contributed by atoms with Gasteiger partial charge in [0.05, 0.1) is 32.8 Å². The van der Waals surface area contributed by atoms with E-state index in [1.165, 1.54) is 6.07 Å². The van der Waals surface area contributed by atoms with Gasteiger partial charge in [-0.15, -0.1) is 0 Å². The number of ketones is 1. The summed E-state index contributed by atoms with van der Waals surface area (Å²) in [4.78, 5) is 71.5. The second-order valence-electron chi connectivity index (χ2n) is 13.5. The van der Waals surface area contributed by atoms with Crippen molar-refractivity contribution in [2.75, 3.05) is 98.3 Å². The summed E-state index contributed by atoms with van der Waals surface area (Å²) in [5, 5.41) is 3.61. The van der Waals surface area contributed by atoms with Crippen molar-refractivity contribution in [1.29, 1.82) is 0 Å². The van der Waals surface area contributed by atoms with Crippen LogP contribution in [0.4, 0.5) is 4.79 Å². The smallest absolute Gasteiger partial charge is 0.407 e.